The number of rotatable bonds is 4. The molecule has 2 rings (SSSR count). The Morgan fingerprint density at radius 2 is 2.19 bits per heavy atom. The maximum Gasteiger partial charge on any atom is 0.272 e. The van der Waals surface area contributed by atoms with Crippen LogP contribution in [0.3, 0.4) is 0 Å². The summed E-state index contributed by atoms with van der Waals surface area (Å²) in [7, 11) is 1.63. The van der Waals surface area contributed by atoms with Gasteiger partial charge in [0.2, 0.25) is 0 Å². The predicted octanol–water partition coefficient (Wildman–Crippen LogP) is 2.77. The van der Waals surface area contributed by atoms with Crippen LogP contribution in [0.4, 0.5) is 0 Å². The van der Waals surface area contributed by atoms with Gasteiger partial charge in [0.15, 0.2) is 0 Å². The minimum absolute atomic E-state index is 0.290. The SMILES string of the molecule is COc1ccc(/C=N\NC(=O)c2ccc(C)nc2)cc1I. The van der Waals surface area contributed by atoms with Crippen molar-refractivity contribution >= 4 is 34.7 Å². The van der Waals surface area contributed by atoms with Crippen molar-refractivity contribution in [2.45, 2.75) is 6.92 Å². The van der Waals surface area contributed by atoms with E-state index in [1.54, 1.807) is 25.5 Å². The number of hydrogen-bond acceptors (Lipinski definition) is 4. The molecule has 0 spiro atoms. The predicted molar refractivity (Wildman–Crippen MR) is 89.7 cm³/mol. The van der Waals surface area contributed by atoms with Gasteiger partial charge in [0, 0.05) is 11.9 Å². The molecule has 2 aromatic rings. The number of benzene rings is 1. The van der Waals surface area contributed by atoms with Crippen molar-refractivity contribution in [1.29, 1.82) is 0 Å². The Hall–Kier alpha value is -1.96. The van der Waals surface area contributed by atoms with E-state index in [0.29, 0.717) is 5.56 Å². The van der Waals surface area contributed by atoms with Crippen LogP contribution in [0.1, 0.15) is 21.6 Å². The summed E-state index contributed by atoms with van der Waals surface area (Å²) in [4.78, 5) is 15.9. The number of aryl methyl sites for hydroxylation is 1. The Bertz CT molecular complexity index is 669. The van der Waals surface area contributed by atoms with E-state index in [2.05, 4.69) is 38.1 Å². The first-order valence-corrected chi connectivity index (χ1v) is 7.27. The number of hydrogen-bond donors (Lipinski definition) is 1. The van der Waals surface area contributed by atoms with Crippen molar-refractivity contribution in [2.75, 3.05) is 7.11 Å². The van der Waals surface area contributed by atoms with Crippen molar-refractivity contribution < 1.29 is 9.53 Å². The molecule has 0 aliphatic heterocycles. The molecule has 0 unspecified atom stereocenters. The summed E-state index contributed by atoms with van der Waals surface area (Å²) < 4.78 is 6.16. The molecule has 0 aliphatic carbocycles. The number of methoxy groups -OCH3 is 1. The van der Waals surface area contributed by atoms with Crippen molar-refractivity contribution in [2.24, 2.45) is 5.10 Å². The van der Waals surface area contributed by atoms with Gasteiger partial charge in [-0.05, 0) is 65.4 Å². The molecule has 0 atom stereocenters. The van der Waals surface area contributed by atoms with Crippen LogP contribution in [0.15, 0.2) is 41.6 Å². The molecule has 0 radical (unpaired) electrons. The Kier molecular flexibility index (Phi) is 5.26. The van der Waals surface area contributed by atoms with Crippen LogP contribution in [-0.4, -0.2) is 24.2 Å². The largest absolute Gasteiger partial charge is 0.496 e. The fourth-order valence-electron chi connectivity index (χ4n) is 1.60. The second-order valence-electron chi connectivity index (χ2n) is 4.28. The van der Waals surface area contributed by atoms with Gasteiger partial charge in [-0.2, -0.15) is 5.10 Å². The summed E-state index contributed by atoms with van der Waals surface area (Å²) in [6, 6.07) is 9.13. The maximum absolute atomic E-state index is 11.8. The first kappa shape index (κ1) is 15.4. The van der Waals surface area contributed by atoms with E-state index in [4.69, 9.17) is 4.74 Å². The lowest BCUT2D eigenvalue weighted by molar-refractivity contribution is 0.0955. The summed E-state index contributed by atoms with van der Waals surface area (Å²) in [5.74, 6) is 0.518. The molecule has 1 heterocycles. The molecule has 6 heteroatoms. The average molecular weight is 395 g/mol. The number of ether oxygens (including phenoxy) is 1. The van der Waals surface area contributed by atoms with Crippen LogP contribution in [0.2, 0.25) is 0 Å². The highest BCUT2D eigenvalue weighted by molar-refractivity contribution is 14.1. The lowest BCUT2D eigenvalue weighted by atomic mass is 10.2. The van der Waals surface area contributed by atoms with Crippen LogP contribution in [0, 0.1) is 10.5 Å². The third-order valence-electron chi connectivity index (χ3n) is 2.73. The van der Waals surface area contributed by atoms with Crippen LogP contribution >= 0.6 is 22.6 Å². The van der Waals surface area contributed by atoms with Crippen molar-refractivity contribution in [3.05, 3.63) is 56.9 Å². The molecule has 0 saturated carbocycles. The van der Waals surface area contributed by atoms with Crippen molar-refractivity contribution in [1.82, 2.24) is 10.4 Å². The molecular weight excluding hydrogens is 381 g/mol. The Balaban J connectivity index is 2.00. The minimum atomic E-state index is -0.290. The lowest BCUT2D eigenvalue weighted by Crippen LogP contribution is -2.17. The molecule has 0 fully saturated rings. The number of hydrazone groups is 1. The Morgan fingerprint density at radius 3 is 2.81 bits per heavy atom. The monoisotopic (exact) mass is 395 g/mol. The number of carbonyl (C=O) groups excluding carboxylic acids is 1. The summed E-state index contributed by atoms with van der Waals surface area (Å²) in [6.45, 7) is 1.87. The lowest BCUT2D eigenvalue weighted by Gasteiger charge is -2.03. The second kappa shape index (κ2) is 7.16. The molecule has 5 nitrogen and oxygen atoms in total. The van der Waals surface area contributed by atoms with Gasteiger partial charge in [-0.3, -0.25) is 9.78 Å². The quantitative estimate of drug-likeness (QED) is 0.492. The third-order valence-corrected chi connectivity index (χ3v) is 3.57. The van der Waals surface area contributed by atoms with Gasteiger partial charge in [0.25, 0.3) is 5.91 Å². The molecule has 21 heavy (non-hydrogen) atoms. The first-order chi connectivity index (χ1) is 10.1. The van der Waals surface area contributed by atoms with E-state index in [0.717, 1.165) is 20.6 Å². The molecule has 1 aromatic heterocycles. The molecule has 0 aliphatic rings. The molecular formula is C15H14IN3O2. The zero-order valence-electron chi connectivity index (χ0n) is 11.6. The summed E-state index contributed by atoms with van der Waals surface area (Å²) in [6.07, 6.45) is 3.11. The van der Waals surface area contributed by atoms with Crippen LogP contribution in [0.5, 0.6) is 5.75 Å². The normalized spacial score (nSPS) is 10.6. The number of amides is 1. The zero-order chi connectivity index (χ0) is 15.2. The second-order valence-corrected chi connectivity index (χ2v) is 5.44. The fourth-order valence-corrected chi connectivity index (χ4v) is 2.35. The van der Waals surface area contributed by atoms with Crippen molar-refractivity contribution in [3.8, 4) is 5.75 Å². The van der Waals surface area contributed by atoms with Gasteiger partial charge in [0.1, 0.15) is 5.75 Å². The third kappa shape index (κ3) is 4.25. The molecule has 108 valence electrons. The first-order valence-electron chi connectivity index (χ1n) is 6.20. The van der Waals surface area contributed by atoms with Crippen LogP contribution in [-0.2, 0) is 0 Å². The highest BCUT2D eigenvalue weighted by Gasteiger charge is 2.04. The van der Waals surface area contributed by atoms with E-state index in [9.17, 15) is 4.79 Å². The highest BCUT2D eigenvalue weighted by Crippen LogP contribution is 2.20. The molecule has 1 amide bonds. The smallest absolute Gasteiger partial charge is 0.272 e. The van der Waals surface area contributed by atoms with E-state index in [1.165, 1.54) is 6.20 Å². The van der Waals surface area contributed by atoms with Gasteiger partial charge < -0.3 is 4.74 Å². The standard InChI is InChI=1S/C15H14IN3O2/c1-10-3-5-12(9-17-10)15(20)19-18-8-11-4-6-14(21-2)13(16)7-11/h3-9H,1-2H3,(H,19,20)/b18-8-. The van der Waals surface area contributed by atoms with E-state index in [-0.39, 0.29) is 5.91 Å². The molecule has 0 saturated heterocycles. The van der Waals surface area contributed by atoms with Gasteiger partial charge in [-0.15, -0.1) is 0 Å². The van der Waals surface area contributed by atoms with E-state index < -0.39 is 0 Å². The zero-order valence-corrected chi connectivity index (χ0v) is 13.8. The molecule has 1 aromatic carbocycles. The minimum Gasteiger partial charge on any atom is -0.496 e. The molecule has 1 N–H and O–H groups in total. The summed E-state index contributed by atoms with van der Waals surface area (Å²) in [5.41, 5.74) is 4.69. The van der Waals surface area contributed by atoms with Gasteiger partial charge in [-0.25, -0.2) is 5.43 Å². The average Bonchev–Trinajstić information content (AvgIpc) is 2.48. The molecule has 0 bridgehead atoms. The van der Waals surface area contributed by atoms with Gasteiger partial charge in [0.05, 0.1) is 22.5 Å². The number of pyridine rings is 1. The highest BCUT2D eigenvalue weighted by atomic mass is 127. The van der Waals surface area contributed by atoms with Gasteiger partial charge >= 0.3 is 0 Å². The summed E-state index contributed by atoms with van der Waals surface area (Å²) >= 11 is 2.18. The fraction of sp³-hybridized carbons (Fsp3) is 0.133. The van der Waals surface area contributed by atoms with Crippen molar-refractivity contribution in [3.63, 3.8) is 0 Å². The van der Waals surface area contributed by atoms with E-state index >= 15 is 0 Å². The van der Waals surface area contributed by atoms with Crippen LogP contribution < -0.4 is 10.2 Å². The summed E-state index contributed by atoms with van der Waals surface area (Å²) in [5, 5.41) is 3.94. The number of aromatic nitrogens is 1. The maximum atomic E-state index is 11.8. The topological polar surface area (TPSA) is 63.6 Å². The number of halogens is 1. The van der Waals surface area contributed by atoms with Crippen LogP contribution in [0.25, 0.3) is 0 Å². The number of nitrogens with one attached hydrogen (secondary N) is 1. The Labute approximate surface area is 136 Å². The number of carbonyl (C=O) groups is 1. The number of nitrogens with zero attached hydrogens (tertiary/aromatic N) is 2. The van der Waals surface area contributed by atoms with Gasteiger partial charge in [-0.1, -0.05) is 0 Å². The van der Waals surface area contributed by atoms with E-state index in [1.807, 2.05) is 25.1 Å². The Morgan fingerprint density at radius 1 is 1.38 bits per heavy atom.